The highest BCUT2D eigenvalue weighted by Crippen LogP contribution is 2.19. The summed E-state index contributed by atoms with van der Waals surface area (Å²) in [4.78, 5) is 0. The van der Waals surface area contributed by atoms with Crippen molar-refractivity contribution in [1.82, 2.24) is 0 Å². The van der Waals surface area contributed by atoms with Gasteiger partial charge < -0.3 is 9.84 Å². The van der Waals surface area contributed by atoms with Crippen molar-refractivity contribution in [2.45, 2.75) is 38.9 Å². The second-order valence-corrected chi connectivity index (χ2v) is 5.42. The van der Waals surface area contributed by atoms with Crippen molar-refractivity contribution in [2.75, 3.05) is 6.61 Å². The molecule has 1 rings (SSSR count). The van der Waals surface area contributed by atoms with E-state index in [1.165, 1.54) is 12.1 Å². The third-order valence-electron chi connectivity index (χ3n) is 2.18. The minimum atomic E-state index is -0.641. The fourth-order valence-corrected chi connectivity index (χ4v) is 1.59. The molecule has 0 saturated carbocycles. The molecule has 0 fully saturated rings. The topological polar surface area (TPSA) is 29.5 Å². The Hall–Kier alpha value is -0.640. The Morgan fingerprint density at radius 3 is 2.59 bits per heavy atom. The molecule has 0 heterocycles. The lowest BCUT2D eigenvalue weighted by atomic mass is 10.1. The van der Waals surface area contributed by atoms with Gasteiger partial charge in [0.05, 0.1) is 18.3 Å². The normalized spacial score (nSPS) is 13.8. The SMILES string of the molecule is CC(C)(C)OCC(O)Cc1ccc(F)cc1Cl. The first-order chi connectivity index (χ1) is 7.78. The molecule has 1 atom stereocenters. The van der Waals surface area contributed by atoms with Crippen LogP contribution in [0.15, 0.2) is 18.2 Å². The van der Waals surface area contributed by atoms with Crippen LogP contribution in [0.3, 0.4) is 0 Å². The summed E-state index contributed by atoms with van der Waals surface area (Å²) in [5.74, 6) is -0.376. The first kappa shape index (κ1) is 14.4. The fourth-order valence-electron chi connectivity index (χ4n) is 1.35. The number of benzene rings is 1. The minimum absolute atomic E-state index is 0.233. The van der Waals surface area contributed by atoms with Crippen molar-refractivity contribution in [3.63, 3.8) is 0 Å². The molecule has 96 valence electrons. The van der Waals surface area contributed by atoms with Gasteiger partial charge in [0, 0.05) is 11.4 Å². The Bertz CT molecular complexity index is 374. The maximum absolute atomic E-state index is 12.8. The number of ether oxygens (including phenoxy) is 1. The summed E-state index contributed by atoms with van der Waals surface area (Å²) >= 11 is 5.87. The highest BCUT2D eigenvalue weighted by molar-refractivity contribution is 6.31. The number of aliphatic hydroxyl groups is 1. The van der Waals surface area contributed by atoms with E-state index >= 15 is 0 Å². The molecule has 0 spiro atoms. The Morgan fingerprint density at radius 2 is 2.06 bits per heavy atom. The molecule has 1 unspecified atom stereocenters. The van der Waals surface area contributed by atoms with Gasteiger partial charge in [-0.1, -0.05) is 17.7 Å². The molecule has 4 heteroatoms. The third-order valence-corrected chi connectivity index (χ3v) is 2.53. The van der Waals surface area contributed by atoms with Crippen LogP contribution in [-0.4, -0.2) is 23.4 Å². The van der Waals surface area contributed by atoms with Crippen molar-refractivity contribution in [1.29, 1.82) is 0 Å². The lowest BCUT2D eigenvalue weighted by molar-refractivity contribution is -0.0482. The number of hydrogen-bond acceptors (Lipinski definition) is 2. The Labute approximate surface area is 106 Å². The number of halogens is 2. The summed E-state index contributed by atoms with van der Waals surface area (Å²) in [5.41, 5.74) is 0.436. The molecular formula is C13H18ClFO2. The zero-order chi connectivity index (χ0) is 13.1. The molecule has 1 aromatic carbocycles. The van der Waals surface area contributed by atoms with Gasteiger partial charge >= 0.3 is 0 Å². The van der Waals surface area contributed by atoms with Crippen molar-refractivity contribution in [3.05, 3.63) is 34.6 Å². The van der Waals surface area contributed by atoms with Crippen LogP contribution in [-0.2, 0) is 11.2 Å². The van der Waals surface area contributed by atoms with Crippen LogP contribution in [0.5, 0.6) is 0 Å². The number of hydrogen-bond donors (Lipinski definition) is 1. The fraction of sp³-hybridized carbons (Fsp3) is 0.538. The van der Waals surface area contributed by atoms with Crippen LogP contribution in [0, 0.1) is 5.82 Å². The van der Waals surface area contributed by atoms with E-state index in [1.807, 2.05) is 20.8 Å². The summed E-state index contributed by atoms with van der Waals surface area (Å²) in [6.07, 6.45) is -0.285. The molecule has 0 amide bonds. The van der Waals surface area contributed by atoms with Crippen molar-refractivity contribution >= 4 is 11.6 Å². The van der Waals surface area contributed by atoms with Gasteiger partial charge in [-0.05, 0) is 38.5 Å². The molecule has 0 aliphatic carbocycles. The molecule has 0 bridgehead atoms. The van der Waals surface area contributed by atoms with E-state index in [0.29, 0.717) is 11.4 Å². The summed E-state index contributed by atoms with van der Waals surface area (Å²) < 4.78 is 18.3. The van der Waals surface area contributed by atoms with Gasteiger partial charge in [0.15, 0.2) is 0 Å². The van der Waals surface area contributed by atoms with E-state index in [4.69, 9.17) is 16.3 Å². The molecular weight excluding hydrogens is 243 g/mol. The zero-order valence-corrected chi connectivity index (χ0v) is 11.1. The summed E-state index contributed by atoms with van der Waals surface area (Å²) in [7, 11) is 0. The summed E-state index contributed by atoms with van der Waals surface area (Å²) in [6, 6.07) is 4.16. The zero-order valence-electron chi connectivity index (χ0n) is 10.3. The largest absolute Gasteiger partial charge is 0.390 e. The van der Waals surface area contributed by atoms with Crippen molar-refractivity contribution in [3.8, 4) is 0 Å². The lowest BCUT2D eigenvalue weighted by Crippen LogP contribution is -2.27. The van der Waals surface area contributed by atoms with E-state index in [-0.39, 0.29) is 18.0 Å². The number of aliphatic hydroxyl groups excluding tert-OH is 1. The molecule has 0 aromatic heterocycles. The molecule has 0 aliphatic heterocycles. The molecule has 0 radical (unpaired) electrons. The van der Waals surface area contributed by atoms with Crippen LogP contribution in [0.1, 0.15) is 26.3 Å². The van der Waals surface area contributed by atoms with E-state index in [1.54, 1.807) is 6.07 Å². The first-order valence-electron chi connectivity index (χ1n) is 5.54. The van der Waals surface area contributed by atoms with Crippen LogP contribution < -0.4 is 0 Å². The van der Waals surface area contributed by atoms with Gasteiger partial charge in [-0.2, -0.15) is 0 Å². The van der Waals surface area contributed by atoms with E-state index in [9.17, 15) is 9.50 Å². The molecule has 17 heavy (non-hydrogen) atoms. The summed E-state index contributed by atoms with van der Waals surface area (Å²) in [5, 5.41) is 10.1. The average molecular weight is 261 g/mol. The molecule has 1 aromatic rings. The monoisotopic (exact) mass is 260 g/mol. The molecule has 2 nitrogen and oxygen atoms in total. The van der Waals surface area contributed by atoms with Crippen LogP contribution in [0.25, 0.3) is 0 Å². The Kier molecular flexibility index (Phi) is 4.92. The van der Waals surface area contributed by atoms with Gasteiger partial charge in [-0.15, -0.1) is 0 Å². The highest BCUT2D eigenvalue weighted by Gasteiger charge is 2.15. The third kappa shape index (κ3) is 5.48. The molecule has 0 aliphatic rings. The average Bonchev–Trinajstić information content (AvgIpc) is 2.18. The highest BCUT2D eigenvalue weighted by atomic mass is 35.5. The van der Waals surface area contributed by atoms with E-state index < -0.39 is 6.10 Å². The Balaban J connectivity index is 2.53. The standard InChI is InChI=1S/C13H18ClFO2/c1-13(2,3)17-8-11(16)6-9-4-5-10(15)7-12(9)14/h4-5,7,11,16H,6,8H2,1-3H3. The maximum atomic E-state index is 12.8. The predicted octanol–water partition coefficient (Wildman–Crippen LogP) is 3.20. The van der Waals surface area contributed by atoms with Gasteiger partial charge in [-0.3, -0.25) is 0 Å². The van der Waals surface area contributed by atoms with Gasteiger partial charge in [-0.25, -0.2) is 4.39 Å². The van der Waals surface area contributed by atoms with Gasteiger partial charge in [0.2, 0.25) is 0 Å². The second kappa shape index (κ2) is 5.80. The second-order valence-electron chi connectivity index (χ2n) is 5.02. The quantitative estimate of drug-likeness (QED) is 0.901. The molecule has 0 saturated heterocycles. The van der Waals surface area contributed by atoms with E-state index in [0.717, 1.165) is 5.56 Å². The summed E-state index contributed by atoms with van der Waals surface area (Å²) in [6.45, 7) is 6.00. The molecule has 1 N–H and O–H groups in total. The number of rotatable bonds is 4. The van der Waals surface area contributed by atoms with Gasteiger partial charge in [0.1, 0.15) is 5.82 Å². The lowest BCUT2D eigenvalue weighted by Gasteiger charge is -2.22. The van der Waals surface area contributed by atoms with Crippen molar-refractivity contribution < 1.29 is 14.2 Å². The van der Waals surface area contributed by atoms with Crippen LogP contribution in [0.2, 0.25) is 5.02 Å². The first-order valence-corrected chi connectivity index (χ1v) is 5.92. The predicted molar refractivity (Wildman–Crippen MR) is 66.8 cm³/mol. The van der Waals surface area contributed by atoms with E-state index in [2.05, 4.69) is 0 Å². The Morgan fingerprint density at radius 1 is 1.41 bits per heavy atom. The van der Waals surface area contributed by atoms with Gasteiger partial charge in [0.25, 0.3) is 0 Å². The minimum Gasteiger partial charge on any atom is -0.390 e. The van der Waals surface area contributed by atoms with Crippen LogP contribution in [0.4, 0.5) is 4.39 Å². The maximum Gasteiger partial charge on any atom is 0.124 e. The van der Waals surface area contributed by atoms with Crippen LogP contribution >= 0.6 is 11.6 Å². The van der Waals surface area contributed by atoms with Crippen molar-refractivity contribution in [2.24, 2.45) is 0 Å². The smallest absolute Gasteiger partial charge is 0.124 e.